The molecule has 0 spiro atoms. The number of ether oxygens (including phenoxy) is 3. The molecule has 0 radical (unpaired) electrons. The lowest BCUT2D eigenvalue weighted by Crippen LogP contribution is -2.40. The lowest BCUT2D eigenvalue weighted by Gasteiger charge is -2.31. The van der Waals surface area contributed by atoms with Gasteiger partial charge in [0, 0.05) is 13.2 Å². The van der Waals surface area contributed by atoms with E-state index in [0.29, 0.717) is 11.3 Å². The van der Waals surface area contributed by atoms with Crippen LogP contribution < -0.4 is 5.32 Å². The van der Waals surface area contributed by atoms with Gasteiger partial charge >= 0.3 is 7.60 Å². The summed E-state index contributed by atoms with van der Waals surface area (Å²) in [7, 11) is -3.45. The van der Waals surface area contributed by atoms with E-state index >= 15 is 0 Å². The van der Waals surface area contributed by atoms with Crippen molar-refractivity contribution in [3.8, 4) is 0 Å². The standard InChI is InChI=1S/C18H28ClN6O8P/c1-18(8-31-2,34(28,29)30)32-7-10-12(26)13(27)16(33-10)25-15-11(23-24-25)14(21-17(19)22-15)20-9-5-3-4-6-9/h9-10,12-13,16,26-27H,3-8H2,1-2H3,(H,20,21,22)(H2,28,29,30)/t10-,12-,13-,16-,18-/m1/s1. The van der Waals surface area contributed by atoms with Crippen molar-refractivity contribution in [2.24, 2.45) is 0 Å². The molecule has 190 valence electrons. The summed E-state index contributed by atoms with van der Waals surface area (Å²) in [6, 6.07) is 0.228. The SMILES string of the molecule is COC[C@](C)(OC[C@H]1O[C@@H](n2nnc3c(NC4CCCC4)nc(Cl)nc32)[C@H](O)[C@@H]1O)P(=O)(O)O. The van der Waals surface area contributed by atoms with Gasteiger partial charge in [0.05, 0.1) is 13.2 Å². The summed E-state index contributed by atoms with van der Waals surface area (Å²) in [4.78, 5) is 27.7. The van der Waals surface area contributed by atoms with Gasteiger partial charge in [-0.15, -0.1) is 5.10 Å². The van der Waals surface area contributed by atoms with Crippen LogP contribution in [0.3, 0.4) is 0 Å². The number of aliphatic hydroxyl groups excluding tert-OH is 2. The number of anilines is 1. The van der Waals surface area contributed by atoms with Crippen LogP contribution in [0.15, 0.2) is 0 Å². The molecule has 2 aromatic rings. The number of hydrogen-bond donors (Lipinski definition) is 5. The van der Waals surface area contributed by atoms with Gasteiger partial charge in [-0.05, 0) is 31.4 Å². The van der Waals surface area contributed by atoms with Crippen molar-refractivity contribution in [2.75, 3.05) is 25.6 Å². The molecule has 1 saturated carbocycles. The molecule has 0 bridgehead atoms. The number of rotatable bonds is 9. The number of aromatic nitrogens is 5. The fourth-order valence-electron chi connectivity index (χ4n) is 4.15. The van der Waals surface area contributed by atoms with Crippen LogP contribution in [0.2, 0.25) is 5.28 Å². The Morgan fingerprint density at radius 1 is 1.26 bits per heavy atom. The number of methoxy groups -OCH3 is 1. The first-order valence-corrected chi connectivity index (χ1v) is 12.8. The summed E-state index contributed by atoms with van der Waals surface area (Å²) < 4.78 is 29.1. The van der Waals surface area contributed by atoms with Crippen LogP contribution >= 0.6 is 19.2 Å². The van der Waals surface area contributed by atoms with Gasteiger partial charge in [0.2, 0.25) is 5.28 Å². The lowest BCUT2D eigenvalue weighted by molar-refractivity contribution is -0.108. The predicted octanol–water partition coefficient (Wildman–Crippen LogP) is 0.405. The van der Waals surface area contributed by atoms with Gasteiger partial charge in [0.25, 0.3) is 0 Å². The first-order valence-electron chi connectivity index (χ1n) is 10.8. The average Bonchev–Trinajstić information content (AvgIpc) is 3.48. The Hall–Kier alpha value is -1.48. The molecule has 1 aliphatic carbocycles. The van der Waals surface area contributed by atoms with Crippen molar-refractivity contribution >= 4 is 36.2 Å². The Kier molecular flexibility index (Phi) is 7.44. The van der Waals surface area contributed by atoms with Crippen LogP contribution in [0.5, 0.6) is 0 Å². The topological polar surface area (TPSA) is 194 Å². The van der Waals surface area contributed by atoms with E-state index in [1.54, 1.807) is 0 Å². The number of aliphatic hydroxyl groups is 2. The molecule has 34 heavy (non-hydrogen) atoms. The Bertz CT molecular complexity index is 1060. The minimum atomic E-state index is -4.73. The first-order chi connectivity index (χ1) is 16.0. The second-order valence-corrected chi connectivity index (χ2v) is 11.1. The maximum Gasteiger partial charge on any atom is 0.359 e. The fourth-order valence-corrected chi connectivity index (χ4v) is 4.85. The van der Waals surface area contributed by atoms with Gasteiger partial charge in [-0.25, -0.2) is 0 Å². The molecule has 5 N–H and O–H groups in total. The van der Waals surface area contributed by atoms with E-state index in [9.17, 15) is 24.6 Å². The molecule has 4 rings (SSSR count). The summed E-state index contributed by atoms with van der Waals surface area (Å²) in [5.41, 5.74) is 0.521. The summed E-state index contributed by atoms with van der Waals surface area (Å²) in [6.45, 7) is 0.359. The zero-order chi connectivity index (χ0) is 24.7. The zero-order valence-electron chi connectivity index (χ0n) is 18.6. The second-order valence-electron chi connectivity index (χ2n) is 8.68. The monoisotopic (exact) mass is 522 g/mol. The smallest absolute Gasteiger partial charge is 0.359 e. The van der Waals surface area contributed by atoms with Crippen molar-refractivity contribution in [1.29, 1.82) is 0 Å². The van der Waals surface area contributed by atoms with Crippen molar-refractivity contribution in [3.05, 3.63) is 5.28 Å². The molecule has 5 atom stereocenters. The van der Waals surface area contributed by atoms with Crippen molar-refractivity contribution in [1.82, 2.24) is 25.0 Å². The van der Waals surface area contributed by atoms with E-state index in [-0.39, 0.29) is 17.0 Å². The summed E-state index contributed by atoms with van der Waals surface area (Å²) in [5, 5.41) is 30.6. The van der Waals surface area contributed by atoms with Crippen molar-refractivity contribution < 1.29 is 38.8 Å². The number of hydrogen-bond acceptors (Lipinski definition) is 11. The van der Waals surface area contributed by atoms with Gasteiger partial charge in [-0.2, -0.15) is 14.6 Å². The molecule has 3 heterocycles. The van der Waals surface area contributed by atoms with E-state index < -0.39 is 50.7 Å². The largest absolute Gasteiger partial charge is 0.387 e. The highest BCUT2D eigenvalue weighted by Gasteiger charge is 2.49. The molecule has 1 aliphatic heterocycles. The normalized spacial score (nSPS) is 28.0. The molecule has 1 saturated heterocycles. The van der Waals surface area contributed by atoms with Crippen LogP contribution in [0.1, 0.15) is 38.8 Å². The van der Waals surface area contributed by atoms with Crippen LogP contribution in [0, 0.1) is 0 Å². The van der Waals surface area contributed by atoms with E-state index in [1.807, 2.05) is 0 Å². The van der Waals surface area contributed by atoms with Crippen LogP contribution in [0.4, 0.5) is 5.82 Å². The van der Waals surface area contributed by atoms with Gasteiger partial charge < -0.3 is 39.5 Å². The third kappa shape index (κ3) is 4.92. The molecule has 16 heteroatoms. The van der Waals surface area contributed by atoms with Gasteiger partial charge in [-0.1, -0.05) is 18.1 Å². The molecule has 0 aromatic carbocycles. The summed E-state index contributed by atoms with van der Waals surface area (Å²) in [5.74, 6) is 0.415. The van der Waals surface area contributed by atoms with Gasteiger partial charge in [-0.3, -0.25) is 4.57 Å². The molecule has 2 fully saturated rings. The highest BCUT2D eigenvalue weighted by Crippen LogP contribution is 2.51. The molecule has 0 unspecified atom stereocenters. The maximum atomic E-state index is 11.9. The Labute approximate surface area is 199 Å². The van der Waals surface area contributed by atoms with E-state index in [2.05, 4.69) is 25.6 Å². The Morgan fingerprint density at radius 2 is 1.97 bits per heavy atom. The lowest BCUT2D eigenvalue weighted by atomic mass is 10.1. The molecular weight excluding hydrogens is 495 g/mol. The highest BCUT2D eigenvalue weighted by molar-refractivity contribution is 7.53. The zero-order valence-corrected chi connectivity index (χ0v) is 20.3. The Morgan fingerprint density at radius 3 is 2.62 bits per heavy atom. The van der Waals surface area contributed by atoms with E-state index in [0.717, 1.165) is 25.7 Å². The van der Waals surface area contributed by atoms with Crippen molar-refractivity contribution in [2.45, 2.75) is 68.5 Å². The number of nitrogens with zero attached hydrogens (tertiary/aromatic N) is 5. The number of fused-ring (bicyclic) bond motifs is 1. The highest BCUT2D eigenvalue weighted by atomic mass is 35.5. The van der Waals surface area contributed by atoms with Gasteiger partial charge in [0.15, 0.2) is 28.6 Å². The van der Waals surface area contributed by atoms with E-state index in [4.69, 9.17) is 25.8 Å². The summed E-state index contributed by atoms with van der Waals surface area (Å²) in [6.07, 6.45) is -1.03. The van der Waals surface area contributed by atoms with E-state index in [1.165, 1.54) is 18.7 Å². The molecule has 2 aromatic heterocycles. The molecule has 0 amide bonds. The van der Waals surface area contributed by atoms with Crippen LogP contribution in [-0.2, 0) is 18.8 Å². The third-order valence-electron chi connectivity index (χ3n) is 6.16. The van der Waals surface area contributed by atoms with Crippen LogP contribution in [0.25, 0.3) is 11.2 Å². The minimum absolute atomic E-state index is 0.0542. The average molecular weight is 523 g/mol. The van der Waals surface area contributed by atoms with Crippen molar-refractivity contribution in [3.63, 3.8) is 0 Å². The molecule has 2 aliphatic rings. The first kappa shape index (κ1) is 25.6. The second kappa shape index (κ2) is 9.88. The summed E-state index contributed by atoms with van der Waals surface area (Å²) >= 11 is 6.12. The molecule has 14 nitrogen and oxygen atoms in total. The molecular formula is C18H28ClN6O8P. The third-order valence-corrected chi connectivity index (χ3v) is 7.82. The fraction of sp³-hybridized carbons (Fsp3) is 0.778. The van der Waals surface area contributed by atoms with Gasteiger partial charge in [0.1, 0.15) is 18.3 Å². The minimum Gasteiger partial charge on any atom is -0.387 e. The van der Waals surface area contributed by atoms with Crippen LogP contribution in [-0.4, -0.2) is 95.0 Å². The maximum absolute atomic E-state index is 11.9. The number of halogens is 1. The predicted molar refractivity (Wildman–Crippen MR) is 118 cm³/mol. The number of nitrogens with one attached hydrogen (secondary N) is 1. The quantitative estimate of drug-likeness (QED) is 0.224. The Balaban J connectivity index is 1.55.